The molecule has 5 aliphatic rings. The molecule has 1 heterocycles. The Hall–Kier alpha value is -0.0400. The van der Waals surface area contributed by atoms with Crippen LogP contribution in [0.4, 0.5) is 0 Å². The molecule has 0 spiro atoms. The molecular formula is C21H35N. The predicted octanol–water partition coefficient (Wildman–Crippen LogP) is 5.01. The van der Waals surface area contributed by atoms with Gasteiger partial charge in [0.05, 0.1) is 0 Å². The lowest BCUT2D eigenvalue weighted by atomic mass is 9.62. The first-order valence-electron chi connectivity index (χ1n) is 10.4. The van der Waals surface area contributed by atoms with E-state index < -0.39 is 0 Å². The highest BCUT2D eigenvalue weighted by molar-refractivity contribution is 5.11. The van der Waals surface area contributed by atoms with Crippen LogP contribution < -0.4 is 5.32 Å². The molecule has 0 aromatic carbocycles. The van der Waals surface area contributed by atoms with Gasteiger partial charge in [-0.2, -0.15) is 0 Å². The summed E-state index contributed by atoms with van der Waals surface area (Å²) in [6, 6.07) is 1.79. The Balaban J connectivity index is 1.43. The first-order valence-corrected chi connectivity index (χ1v) is 10.4. The lowest BCUT2D eigenvalue weighted by Gasteiger charge is -2.43. The summed E-state index contributed by atoms with van der Waals surface area (Å²) in [5.74, 6) is 6.32. The first-order chi connectivity index (χ1) is 10.7. The molecule has 1 N–H and O–H groups in total. The summed E-state index contributed by atoms with van der Waals surface area (Å²) in [7, 11) is 0. The summed E-state index contributed by atoms with van der Waals surface area (Å²) in [6.07, 6.45) is 15.2. The predicted molar refractivity (Wildman–Crippen MR) is 91.6 cm³/mol. The highest BCUT2D eigenvalue weighted by atomic mass is 15.0. The van der Waals surface area contributed by atoms with Gasteiger partial charge in [-0.05, 0) is 79.4 Å². The van der Waals surface area contributed by atoms with Crippen LogP contribution in [0.15, 0.2) is 0 Å². The third kappa shape index (κ3) is 1.87. The molecule has 1 aliphatic heterocycles. The number of hydrogen-bond donors (Lipinski definition) is 1. The summed E-state index contributed by atoms with van der Waals surface area (Å²) in [6.45, 7) is 5.31. The molecule has 1 heteroatoms. The van der Waals surface area contributed by atoms with Gasteiger partial charge in [-0.1, -0.05) is 39.5 Å². The summed E-state index contributed by atoms with van der Waals surface area (Å²) in [4.78, 5) is 0. The van der Waals surface area contributed by atoms with Crippen molar-refractivity contribution in [2.45, 2.75) is 90.1 Å². The van der Waals surface area contributed by atoms with Crippen LogP contribution in [-0.2, 0) is 0 Å². The van der Waals surface area contributed by atoms with E-state index in [-0.39, 0.29) is 0 Å². The Labute approximate surface area is 137 Å². The van der Waals surface area contributed by atoms with Gasteiger partial charge in [0.15, 0.2) is 0 Å². The molecule has 0 aromatic rings. The zero-order chi connectivity index (χ0) is 14.9. The van der Waals surface area contributed by atoms with Crippen molar-refractivity contribution in [3.05, 3.63) is 0 Å². The SMILES string of the molecule is CC1(C)C2CCCCC2C2CC3NC4CCCCC4C3CC21. The van der Waals surface area contributed by atoms with Crippen LogP contribution in [0.1, 0.15) is 78.1 Å². The van der Waals surface area contributed by atoms with Crippen molar-refractivity contribution in [1.82, 2.24) is 5.32 Å². The molecule has 0 radical (unpaired) electrons. The van der Waals surface area contributed by atoms with Gasteiger partial charge in [-0.15, -0.1) is 0 Å². The van der Waals surface area contributed by atoms with Gasteiger partial charge >= 0.3 is 0 Å². The molecule has 4 aliphatic carbocycles. The number of nitrogens with one attached hydrogen (secondary N) is 1. The fraction of sp³-hybridized carbons (Fsp3) is 1.00. The highest BCUT2D eigenvalue weighted by Gasteiger charge is 2.60. The summed E-state index contributed by atoms with van der Waals surface area (Å²) in [5, 5.41) is 4.13. The second kappa shape index (κ2) is 4.98. The van der Waals surface area contributed by atoms with E-state index in [4.69, 9.17) is 0 Å². The minimum atomic E-state index is 0.632. The maximum atomic E-state index is 4.13. The molecule has 1 saturated heterocycles. The van der Waals surface area contributed by atoms with Gasteiger partial charge in [-0.25, -0.2) is 0 Å². The maximum Gasteiger partial charge on any atom is 0.0104 e. The van der Waals surface area contributed by atoms with Crippen molar-refractivity contribution >= 4 is 0 Å². The van der Waals surface area contributed by atoms with E-state index in [1.807, 2.05) is 0 Å². The maximum absolute atomic E-state index is 4.13. The van der Waals surface area contributed by atoms with Crippen molar-refractivity contribution in [2.75, 3.05) is 0 Å². The molecule has 4 saturated carbocycles. The van der Waals surface area contributed by atoms with E-state index in [0.717, 1.165) is 47.6 Å². The Morgan fingerprint density at radius 3 is 2.23 bits per heavy atom. The quantitative estimate of drug-likeness (QED) is 0.663. The van der Waals surface area contributed by atoms with Crippen LogP contribution in [0.5, 0.6) is 0 Å². The summed E-state index contributed by atoms with van der Waals surface area (Å²) < 4.78 is 0. The molecule has 5 rings (SSSR count). The van der Waals surface area contributed by atoms with Gasteiger partial charge in [-0.3, -0.25) is 0 Å². The minimum Gasteiger partial charge on any atom is -0.311 e. The molecule has 8 atom stereocenters. The zero-order valence-corrected chi connectivity index (χ0v) is 14.7. The van der Waals surface area contributed by atoms with Crippen molar-refractivity contribution in [1.29, 1.82) is 0 Å². The standard InChI is InChI=1S/C21H35N/c1-21(2)17-9-5-3-7-13(17)15-12-20-16(11-18(15)21)14-8-4-6-10-19(14)22-20/h13-20,22H,3-12H2,1-2H3. The molecule has 5 fully saturated rings. The van der Waals surface area contributed by atoms with E-state index in [2.05, 4.69) is 19.2 Å². The zero-order valence-electron chi connectivity index (χ0n) is 14.7. The van der Waals surface area contributed by atoms with Gasteiger partial charge in [0, 0.05) is 12.1 Å². The van der Waals surface area contributed by atoms with E-state index in [0.29, 0.717) is 5.41 Å². The third-order valence-corrected chi connectivity index (χ3v) is 9.16. The van der Waals surface area contributed by atoms with Crippen molar-refractivity contribution in [3.63, 3.8) is 0 Å². The Morgan fingerprint density at radius 1 is 0.636 bits per heavy atom. The first kappa shape index (κ1) is 14.3. The van der Waals surface area contributed by atoms with Crippen molar-refractivity contribution < 1.29 is 0 Å². The molecule has 0 aromatic heterocycles. The Kier molecular flexibility index (Phi) is 3.24. The fourth-order valence-electron chi connectivity index (χ4n) is 8.28. The molecule has 124 valence electrons. The topological polar surface area (TPSA) is 12.0 Å². The molecule has 0 amide bonds. The van der Waals surface area contributed by atoms with Gasteiger partial charge in [0.2, 0.25) is 0 Å². The molecule has 8 unspecified atom stereocenters. The van der Waals surface area contributed by atoms with Crippen LogP contribution in [0.3, 0.4) is 0 Å². The summed E-state index contributed by atoms with van der Waals surface area (Å²) >= 11 is 0. The number of hydrogen-bond acceptors (Lipinski definition) is 1. The average Bonchev–Trinajstić information content (AvgIpc) is 3.00. The van der Waals surface area contributed by atoms with Crippen LogP contribution in [0.2, 0.25) is 0 Å². The van der Waals surface area contributed by atoms with Crippen molar-refractivity contribution in [3.8, 4) is 0 Å². The average molecular weight is 302 g/mol. The molecule has 1 nitrogen and oxygen atoms in total. The molecule has 0 bridgehead atoms. The number of fused-ring (bicyclic) bond motifs is 6. The Bertz CT molecular complexity index is 441. The highest BCUT2D eigenvalue weighted by Crippen LogP contribution is 2.65. The Morgan fingerprint density at radius 2 is 1.36 bits per heavy atom. The smallest absolute Gasteiger partial charge is 0.0104 e. The van der Waals surface area contributed by atoms with E-state index in [1.54, 1.807) is 19.3 Å². The van der Waals surface area contributed by atoms with Crippen LogP contribution in [0.25, 0.3) is 0 Å². The normalized spacial score (nSPS) is 55.9. The minimum absolute atomic E-state index is 0.632. The third-order valence-electron chi connectivity index (χ3n) is 9.16. The fourth-order valence-corrected chi connectivity index (χ4v) is 8.28. The molecular weight excluding hydrogens is 266 g/mol. The van der Waals surface area contributed by atoms with Gasteiger partial charge in [0.1, 0.15) is 0 Å². The van der Waals surface area contributed by atoms with E-state index in [1.165, 1.54) is 44.9 Å². The van der Waals surface area contributed by atoms with Gasteiger partial charge in [0.25, 0.3) is 0 Å². The second-order valence-corrected chi connectivity index (χ2v) is 10.1. The van der Waals surface area contributed by atoms with E-state index >= 15 is 0 Å². The van der Waals surface area contributed by atoms with Crippen LogP contribution in [0, 0.1) is 40.9 Å². The van der Waals surface area contributed by atoms with Gasteiger partial charge < -0.3 is 5.32 Å². The molecule has 22 heavy (non-hydrogen) atoms. The largest absolute Gasteiger partial charge is 0.311 e. The number of rotatable bonds is 0. The lowest BCUT2D eigenvalue weighted by Crippen LogP contribution is -2.41. The van der Waals surface area contributed by atoms with E-state index in [9.17, 15) is 0 Å². The second-order valence-electron chi connectivity index (χ2n) is 10.1. The summed E-state index contributed by atoms with van der Waals surface area (Å²) in [5.41, 5.74) is 0.632. The monoisotopic (exact) mass is 301 g/mol. The van der Waals surface area contributed by atoms with Crippen molar-refractivity contribution in [2.24, 2.45) is 40.9 Å². The van der Waals surface area contributed by atoms with Crippen LogP contribution in [-0.4, -0.2) is 12.1 Å². The van der Waals surface area contributed by atoms with Crippen LogP contribution >= 0.6 is 0 Å². The lowest BCUT2D eigenvalue weighted by molar-refractivity contribution is 0.0781.